The summed E-state index contributed by atoms with van der Waals surface area (Å²) < 4.78 is 13.0. The van der Waals surface area contributed by atoms with Gasteiger partial charge in [0.1, 0.15) is 5.83 Å². The lowest BCUT2D eigenvalue weighted by molar-refractivity contribution is -0.112. The molecule has 1 aromatic rings. The van der Waals surface area contributed by atoms with Crippen LogP contribution < -0.4 is 5.32 Å². The van der Waals surface area contributed by atoms with Crippen LogP contribution in [0.3, 0.4) is 0 Å². The molecule has 40 heavy (non-hydrogen) atoms. The van der Waals surface area contributed by atoms with Gasteiger partial charge in [-0.3, -0.25) is 4.79 Å². The van der Waals surface area contributed by atoms with Crippen LogP contribution in [0.4, 0.5) is 10.1 Å². The van der Waals surface area contributed by atoms with Gasteiger partial charge in [-0.15, -0.1) is 0 Å². The summed E-state index contributed by atoms with van der Waals surface area (Å²) in [6, 6.07) is 6.26. The Morgan fingerprint density at radius 3 is 2.52 bits per heavy atom. The molecule has 1 saturated heterocycles. The monoisotopic (exact) mass is 565 g/mol. The van der Waals surface area contributed by atoms with Crippen molar-refractivity contribution in [2.75, 3.05) is 32.5 Å². The summed E-state index contributed by atoms with van der Waals surface area (Å²) in [7, 11) is 3.93. The average molecular weight is 566 g/mol. The third-order valence-corrected chi connectivity index (χ3v) is 7.58. The second kappa shape index (κ2) is 16.1. The molecule has 216 valence electrons. The van der Waals surface area contributed by atoms with Crippen molar-refractivity contribution in [2.24, 2.45) is 11.8 Å². The van der Waals surface area contributed by atoms with Crippen LogP contribution in [0.15, 0.2) is 96.0 Å². The molecule has 1 aliphatic rings. The van der Waals surface area contributed by atoms with E-state index < -0.39 is 5.83 Å². The van der Waals surface area contributed by atoms with Crippen LogP contribution >= 0.6 is 11.6 Å². The average Bonchev–Trinajstić information content (AvgIpc) is 2.91. The molecule has 1 unspecified atom stereocenters. The van der Waals surface area contributed by atoms with Crippen molar-refractivity contribution in [3.8, 4) is 0 Å². The zero-order valence-corrected chi connectivity index (χ0v) is 25.7. The van der Waals surface area contributed by atoms with Crippen LogP contribution in [0.1, 0.15) is 51.2 Å². The minimum Gasteiger partial charge on any atom is -0.381 e. The number of amides is 1. The number of nitrogens with zero attached hydrogens (tertiary/aromatic N) is 2. The number of carbonyl (C=O) groups excluding carboxylic acids is 1. The van der Waals surface area contributed by atoms with Crippen molar-refractivity contribution in [3.05, 3.63) is 107 Å². The van der Waals surface area contributed by atoms with Gasteiger partial charge in [0.05, 0.1) is 0 Å². The minimum absolute atomic E-state index is 0.187. The summed E-state index contributed by atoms with van der Waals surface area (Å²) in [5.41, 5.74) is 5.62. The summed E-state index contributed by atoms with van der Waals surface area (Å²) in [6.45, 7) is 17.3. The third-order valence-electron chi connectivity index (χ3n) is 7.35. The summed E-state index contributed by atoms with van der Waals surface area (Å²) >= 11 is 6.07. The predicted octanol–water partition coefficient (Wildman–Crippen LogP) is 8.77. The first-order chi connectivity index (χ1) is 19.0. The summed E-state index contributed by atoms with van der Waals surface area (Å²) in [5.74, 6) is 0.123. The van der Waals surface area contributed by atoms with Crippen LogP contribution in [0.25, 0.3) is 5.70 Å². The highest BCUT2D eigenvalue weighted by Crippen LogP contribution is 2.32. The standard InChI is InChI=1S/C34H45ClFN3O/c1-9-11-33(39-20-18-29(19-21-39)24(3)13-17-31(35)22-26(5)36)30-15-12-25(4)32(23-30)37-34(40)28(10-2)16-14-27(6)38(7)8/h10-17,22-24,29H,2,5,9,18-21H2,1,3-4,6-8H3,(H,37,40)/b17-13-,27-14+,28-16+,31-22+,33-11+. The van der Waals surface area contributed by atoms with Gasteiger partial charge < -0.3 is 15.1 Å². The quantitative estimate of drug-likeness (QED) is 0.203. The smallest absolute Gasteiger partial charge is 0.255 e. The van der Waals surface area contributed by atoms with Gasteiger partial charge in [0, 0.05) is 54.9 Å². The number of aryl methyl sites for hydroxylation is 1. The molecule has 1 N–H and O–H groups in total. The number of rotatable bonds is 12. The van der Waals surface area contributed by atoms with Gasteiger partial charge >= 0.3 is 0 Å². The highest BCUT2D eigenvalue weighted by atomic mass is 35.5. The van der Waals surface area contributed by atoms with E-state index in [2.05, 4.69) is 67.6 Å². The molecule has 2 rings (SSSR count). The maximum Gasteiger partial charge on any atom is 0.255 e. The fourth-order valence-corrected chi connectivity index (χ4v) is 4.79. The maximum absolute atomic E-state index is 13.1. The van der Waals surface area contributed by atoms with E-state index in [-0.39, 0.29) is 5.91 Å². The topological polar surface area (TPSA) is 35.6 Å². The van der Waals surface area contributed by atoms with Crippen LogP contribution in [0.2, 0.25) is 0 Å². The zero-order valence-electron chi connectivity index (χ0n) is 24.9. The number of carbonyl (C=O) groups is 1. The van der Waals surface area contributed by atoms with Crippen molar-refractivity contribution in [1.82, 2.24) is 9.80 Å². The number of hydrogen-bond acceptors (Lipinski definition) is 3. The maximum atomic E-state index is 13.1. The number of piperidine rings is 1. The van der Waals surface area contributed by atoms with Gasteiger partial charge in [0.2, 0.25) is 0 Å². The lowest BCUT2D eigenvalue weighted by atomic mass is 9.84. The molecular formula is C34H45ClFN3O. The number of nitrogens with one attached hydrogen (secondary N) is 1. The van der Waals surface area contributed by atoms with Gasteiger partial charge in [-0.25, -0.2) is 4.39 Å². The second-order valence-electron chi connectivity index (χ2n) is 10.5. The van der Waals surface area contributed by atoms with Crippen LogP contribution in [-0.4, -0.2) is 42.9 Å². The first-order valence-electron chi connectivity index (χ1n) is 13.9. The van der Waals surface area contributed by atoms with Crippen molar-refractivity contribution < 1.29 is 9.18 Å². The lowest BCUT2D eigenvalue weighted by Gasteiger charge is -2.37. The Morgan fingerprint density at radius 2 is 1.95 bits per heavy atom. The van der Waals surface area contributed by atoms with Gasteiger partial charge in [-0.2, -0.15) is 0 Å². The Balaban J connectivity index is 2.18. The number of allylic oxidation sites excluding steroid dienone is 9. The van der Waals surface area contributed by atoms with E-state index in [4.69, 9.17) is 11.6 Å². The van der Waals surface area contributed by atoms with Gasteiger partial charge in [-0.1, -0.05) is 69.0 Å². The molecule has 1 aliphatic heterocycles. The lowest BCUT2D eigenvalue weighted by Crippen LogP contribution is -2.34. The normalized spacial score (nSPS) is 16.8. The molecule has 1 aromatic carbocycles. The van der Waals surface area contributed by atoms with E-state index in [9.17, 15) is 9.18 Å². The van der Waals surface area contributed by atoms with Gasteiger partial charge in [0.25, 0.3) is 5.91 Å². The minimum atomic E-state index is -0.547. The Hall–Kier alpha value is -3.31. The van der Waals surface area contributed by atoms with E-state index >= 15 is 0 Å². The van der Waals surface area contributed by atoms with Crippen LogP contribution in [0, 0.1) is 18.8 Å². The van der Waals surface area contributed by atoms with Crippen molar-refractivity contribution in [3.63, 3.8) is 0 Å². The molecule has 1 amide bonds. The van der Waals surface area contributed by atoms with E-state index in [0.717, 1.165) is 54.9 Å². The largest absolute Gasteiger partial charge is 0.381 e. The fourth-order valence-electron chi connectivity index (χ4n) is 4.59. The van der Waals surface area contributed by atoms with Gasteiger partial charge in [0.15, 0.2) is 0 Å². The summed E-state index contributed by atoms with van der Waals surface area (Å²) in [4.78, 5) is 17.5. The highest BCUT2D eigenvalue weighted by molar-refractivity contribution is 6.31. The van der Waals surface area contributed by atoms with Crippen molar-refractivity contribution >= 4 is 28.9 Å². The molecule has 1 fully saturated rings. The number of benzene rings is 1. The Morgan fingerprint density at radius 1 is 1.27 bits per heavy atom. The number of likely N-dealkylation sites (tertiary alicyclic amines) is 1. The first kappa shape index (κ1) is 32.9. The molecule has 0 saturated carbocycles. The van der Waals surface area contributed by atoms with Crippen LogP contribution in [-0.2, 0) is 4.79 Å². The predicted molar refractivity (Wildman–Crippen MR) is 171 cm³/mol. The summed E-state index contributed by atoms with van der Waals surface area (Å²) in [5, 5.41) is 3.44. The SMILES string of the molecule is C=C/C(=C\C=C(/C)N(C)C)C(=O)Nc1cc(/C(=C\CC)N2CCC(C(C)/C=C\C(Cl)=C/C(=C)F)CC2)ccc1C. The summed E-state index contributed by atoms with van der Waals surface area (Å²) in [6.07, 6.45) is 15.6. The molecule has 6 heteroatoms. The number of hydrogen-bond donors (Lipinski definition) is 1. The Kier molecular flexibility index (Phi) is 13.2. The molecule has 0 radical (unpaired) electrons. The number of halogens is 2. The van der Waals surface area contributed by atoms with Crippen molar-refractivity contribution in [1.29, 1.82) is 0 Å². The molecule has 0 aliphatic carbocycles. The van der Waals surface area contributed by atoms with Gasteiger partial charge in [-0.05, 0) is 86.4 Å². The molecular weight excluding hydrogens is 521 g/mol. The third kappa shape index (κ3) is 10.0. The Bertz CT molecular complexity index is 1210. The molecule has 4 nitrogen and oxygen atoms in total. The van der Waals surface area contributed by atoms with E-state index in [1.54, 1.807) is 18.2 Å². The second-order valence-corrected chi connectivity index (χ2v) is 11.0. The first-order valence-corrected chi connectivity index (χ1v) is 14.3. The van der Waals surface area contributed by atoms with Crippen molar-refractivity contribution in [2.45, 2.75) is 47.0 Å². The molecule has 0 aromatic heterocycles. The molecule has 1 heterocycles. The molecule has 0 bridgehead atoms. The van der Waals surface area contributed by atoms with E-state index in [1.807, 2.05) is 38.9 Å². The zero-order chi connectivity index (χ0) is 29.8. The molecule has 0 spiro atoms. The van der Waals surface area contributed by atoms with E-state index in [0.29, 0.717) is 22.4 Å². The molecule has 1 atom stereocenters. The highest BCUT2D eigenvalue weighted by Gasteiger charge is 2.24. The number of anilines is 1. The van der Waals surface area contributed by atoms with E-state index in [1.165, 1.54) is 11.8 Å². The van der Waals surface area contributed by atoms with Crippen LogP contribution in [0.5, 0.6) is 0 Å². The fraction of sp³-hybridized carbons (Fsp3) is 0.382. The Labute approximate surface area is 246 Å².